The Kier molecular flexibility index (Phi) is 3.69. The fourth-order valence-electron chi connectivity index (χ4n) is 3.22. The number of anilines is 1. The highest BCUT2D eigenvalue weighted by Crippen LogP contribution is 2.31. The van der Waals surface area contributed by atoms with Crippen molar-refractivity contribution in [2.24, 2.45) is 0 Å². The van der Waals surface area contributed by atoms with Gasteiger partial charge in [-0.15, -0.1) is 0 Å². The molecular weight excluding hydrogens is 267 g/mol. The summed E-state index contributed by atoms with van der Waals surface area (Å²) in [5, 5.41) is 4.87. The third-order valence-corrected chi connectivity index (χ3v) is 4.87. The Bertz CT molecular complexity index is 436. The summed E-state index contributed by atoms with van der Waals surface area (Å²) >= 11 is 12.0. The first-order valence-electron chi connectivity index (χ1n) is 6.70. The molecule has 0 bridgehead atoms. The lowest BCUT2D eigenvalue weighted by Crippen LogP contribution is -2.41. The van der Waals surface area contributed by atoms with E-state index in [1.807, 2.05) is 18.2 Å². The molecule has 2 saturated heterocycles. The van der Waals surface area contributed by atoms with Gasteiger partial charge in [-0.25, -0.2) is 0 Å². The quantitative estimate of drug-likeness (QED) is 0.882. The van der Waals surface area contributed by atoms with E-state index in [4.69, 9.17) is 23.2 Å². The zero-order chi connectivity index (χ0) is 12.5. The van der Waals surface area contributed by atoms with E-state index < -0.39 is 0 Å². The van der Waals surface area contributed by atoms with Crippen LogP contribution in [0.5, 0.6) is 0 Å². The fraction of sp³-hybridized carbons (Fsp3) is 0.571. The molecular formula is C14H18Cl2N2. The van der Waals surface area contributed by atoms with Crippen LogP contribution in [0.1, 0.15) is 25.7 Å². The van der Waals surface area contributed by atoms with Gasteiger partial charge in [-0.2, -0.15) is 0 Å². The highest BCUT2D eigenvalue weighted by Gasteiger charge is 2.35. The Morgan fingerprint density at radius 2 is 1.94 bits per heavy atom. The summed E-state index contributed by atoms with van der Waals surface area (Å²) in [5.41, 5.74) is 1.09. The molecule has 98 valence electrons. The number of rotatable bonds is 2. The molecule has 0 spiro atoms. The summed E-state index contributed by atoms with van der Waals surface area (Å²) in [4.78, 5) is 2.62. The molecule has 4 heteroatoms. The summed E-state index contributed by atoms with van der Waals surface area (Å²) in [6.07, 6.45) is 5.26. The lowest BCUT2D eigenvalue weighted by atomic mass is 9.99. The summed E-state index contributed by atoms with van der Waals surface area (Å²) in [7, 11) is 0. The average Bonchev–Trinajstić information content (AvgIpc) is 2.78. The van der Waals surface area contributed by atoms with Gasteiger partial charge >= 0.3 is 0 Å². The summed E-state index contributed by atoms with van der Waals surface area (Å²) < 4.78 is 0. The molecule has 2 nitrogen and oxygen atoms in total. The minimum Gasteiger partial charge on any atom is -0.381 e. The van der Waals surface area contributed by atoms with Crippen molar-refractivity contribution in [3.63, 3.8) is 0 Å². The summed E-state index contributed by atoms with van der Waals surface area (Å²) in [6, 6.07) is 7.06. The smallest absolute Gasteiger partial charge is 0.0612 e. The number of nitrogens with zero attached hydrogens (tertiary/aromatic N) is 1. The Morgan fingerprint density at radius 3 is 2.78 bits per heavy atom. The van der Waals surface area contributed by atoms with Gasteiger partial charge in [0.05, 0.1) is 10.0 Å². The van der Waals surface area contributed by atoms with Crippen LogP contribution in [0.25, 0.3) is 0 Å². The van der Waals surface area contributed by atoms with E-state index in [1.165, 1.54) is 38.8 Å². The Balaban J connectivity index is 1.70. The number of halogens is 2. The van der Waals surface area contributed by atoms with Crippen LogP contribution in [0.15, 0.2) is 18.2 Å². The van der Waals surface area contributed by atoms with Crippen LogP contribution in [-0.4, -0.2) is 30.1 Å². The van der Waals surface area contributed by atoms with Crippen molar-refractivity contribution in [3.05, 3.63) is 28.2 Å². The molecule has 2 heterocycles. The fourth-order valence-corrected chi connectivity index (χ4v) is 3.51. The van der Waals surface area contributed by atoms with Gasteiger partial charge in [-0.3, -0.25) is 4.90 Å². The normalized spacial score (nSPS) is 28.1. The van der Waals surface area contributed by atoms with E-state index in [0.29, 0.717) is 22.1 Å². The monoisotopic (exact) mass is 284 g/mol. The molecule has 2 atom stereocenters. The molecule has 2 aliphatic rings. The number of hydrogen-bond donors (Lipinski definition) is 1. The third kappa shape index (κ3) is 2.47. The van der Waals surface area contributed by atoms with E-state index in [9.17, 15) is 0 Å². The standard InChI is InChI=1S/C14H18Cl2N2/c15-11-5-4-10(9-12(11)16)17-13-6-8-18-7-2-1-3-14(13)18/h4-5,9,13-14,17H,1-3,6-8H2. The summed E-state index contributed by atoms with van der Waals surface area (Å²) in [6.45, 7) is 2.49. The van der Waals surface area contributed by atoms with E-state index in [2.05, 4.69) is 10.2 Å². The molecule has 1 aromatic rings. The van der Waals surface area contributed by atoms with Gasteiger partial charge in [0.2, 0.25) is 0 Å². The zero-order valence-electron chi connectivity index (χ0n) is 10.3. The molecule has 0 amide bonds. The molecule has 0 aromatic heterocycles. The first-order chi connectivity index (χ1) is 8.74. The van der Waals surface area contributed by atoms with Crippen LogP contribution in [0.4, 0.5) is 5.69 Å². The maximum Gasteiger partial charge on any atom is 0.0612 e. The predicted octanol–water partition coefficient (Wildman–Crippen LogP) is 4.03. The minimum atomic E-state index is 0.558. The number of fused-ring (bicyclic) bond motifs is 1. The third-order valence-electron chi connectivity index (χ3n) is 4.13. The highest BCUT2D eigenvalue weighted by atomic mass is 35.5. The van der Waals surface area contributed by atoms with Crippen LogP contribution < -0.4 is 5.32 Å². The van der Waals surface area contributed by atoms with Gasteiger partial charge in [0.1, 0.15) is 0 Å². The zero-order valence-corrected chi connectivity index (χ0v) is 11.8. The van der Waals surface area contributed by atoms with Gasteiger partial charge in [0.25, 0.3) is 0 Å². The second-order valence-electron chi connectivity index (χ2n) is 5.27. The molecule has 0 aliphatic carbocycles. The molecule has 2 fully saturated rings. The first kappa shape index (κ1) is 12.6. The van der Waals surface area contributed by atoms with Crippen molar-refractivity contribution < 1.29 is 0 Å². The lowest BCUT2D eigenvalue weighted by molar-refractivity contribution is 0.193. The molecule has 3 rings (SSSR count). The average molecular weight is 285 g/mol. The van der Waals surface area contributed by atoms with Crippen molar-refractivity contribution in [3.8, 4) is 0 Å². The predicted molar refractivity (Wildman–Crippen MR) is 77.7 cm³/mol. The van der Waals surface area contributed by atoms with Crippen LogP contribution in [-0.2, 0) is 0 Å². The topological polar surface area (TPSA) is 15.3 Å². The van der Waals surface area contributed by atoms with E-state index in [0.717, 1.165) is 5.69 Å². The van der Waals surface area contributed by atoms with Crippen molar-refractivity contribution in [1.82, 2.24) is 4.90 Å². The lowest BCUT2D eigenvalue weighted by Gasteiger charge is -2.33. The minimum absolute atomic E-state index is 0.558. The van der Waals surface area contributed by atoms with Crippen molar-refractivity contribution >= 4 is 28.9 Å². The number of piperidine rings is 1. The van der Waals surface area contributed by atoms with Gasteiger partial charge < -0.3 is 5.32 Å². The SMILES string of the molecule is Clc1ccc(NC2CCN3CCCCC23)cc1Cl. The van der Waals surface area contributed by atoms with E-state index >= 15 is 0 Å². The molecule has 1 aromatic carbocycles. The van der Waals surface area contributed by atoms with Crippen molar-refractivity contribution in [1.29, 1.82) is 0 Å². The Labute approximate surface area is 118 Å². The van der Waals surface area contributed by atoms with Crippen molar-refractivity contribution in [2.45, 2.75) is 37.8 Å². The van der Waals surface area contributed by atoms with Crippen LogP contribution in [0.3, 0.4) is 0 Å². The maximum absolute atomic E-state index is 6.05. The van der Waals surface area contributed by atoms with Crippen LogP contribution in [0.2, 0.25) is 10.0 Å². The Morgan fingerprint density at radius 1 is 1.06 bits per heavy atom. The molecule has 0 radical (unpaired) electrons. The highest BCUT2D eigenvalue weighted by molar-refractivity contribution is 6.42. The van der Waals surface area contributed by atoms with E-state index in [1.54, 1.807) is 0 Å². The second-order valence-corrected chi connectivity index (χ2v) is 6.08. The molecule has 1 N–H and O–H groups in total. The molecule has 18 heavy (non-hydrogen) atoms. The van der Waals surface area contributed by atoms with Gasteiger partial charge in [0.15, 0.2) is 0 Å². The van der Waals surface area contributed by atoms with Crippen LogP contribution in [0, 0.1) is 0 Å². The number of nitrogens with one attached hydrogen (secondary N) is 1. The van der Waals surface area contributed by atoms with Crippen molar-refractivity contribution in [2.75, 3.05) is 18.4 Å². The second kappa shape index (κ2) is 5.28. The summed E-state index contributed by atoms with van der Waals surface area (Å²) in [5.74, 6) is 0. The molecule has 0 saturated carbocycles. The number of benzene rings is 1. The number of hydrogen-bond acceptors (Lipinski definition) is 2. The van der Waals surface area contributed by atoms with E-state index in [-0.39, 0.29) is 0 Å². The first-order valence-corrected chi connectivity index (χ1v) is 7.45. The van der Waals surface area contributed by atoms with Gasteiger partial charge in [0, 0.05) is 24.3 Å². The molecule has 2 aliphatic heterocycles. The Hall–Kier alpha value is -0.440. The van der Waals surface area contributed by atoms with Gasteiger partial charge in [-0.1, -0.05) is 29.6 Å². The molecule has 2 unspecified atom stereocenters. The van der Waals surface area contributed by atoms with Gasteiger partial charge in [-0.05, 0) is 44.0 Å². The van der Waals surface area contributed by atoms with Crippen LogP contribution >= 0.6 is 23.2 Å². The largest absolute Gasteiger partial charge is 0.381 e. The maximum atomic E-state index is 6.05.